The lowest BCUT2D eigenvalue weighted by Gasteiger charge is -2.09. The first kappa shape index (κ1) is 8.77. The van der Waals surface area contributed by atoms with E-state index in [4.69, 9.17) is 0 Å². The zero-order chi connectivity index (χ0) is 9.64. The molecule has 13 heavy (non-hydrogen) atoms. The molecule has 0 saturated heterocycles. The minimum Gasteiger partial charge on any atom is -0.315 e. The Labute approximate surface area is 78.9 Å². The molecule has 1 nitrogen and oxygen atoms in total. The molecule has 68 valence electrons. The van der Waals surface area contributed by atoms with Gasteiger partial charge in [-0.25, -0.2) is 0 Å². The third-order valence-electron chi connectivity index (χ3n) is 2.55. The molecule has 0 bridgehead atoms. The molecular weight excluding hydrogens is 179 g/mol. The van der Waals surface area contributed by atoms with Gasteiger partial charge in [0.25, 0.3) is 0 Å². The summed E-state index contributed by atoms with van der Waals surface area (Å²) in [5, 5.41) is 1.06. The second-order valence-electron chi connectivity index (χ2n) is 3.77. The van der Waals surface area contributed by atoms with E-state index < -0.39 is 7.14 Å². The summed E-state index contributed by atoms with van der Waals surface area (Å²) in [4.78, 5) is 0. The van der Waals surface area contributed by atoms with E-state index in [9.17, 15) is 4.57 Å². The van der Waals surface area contributed by atoms with Crippen LogP contribution in [0.25, 0.3) is 5.57 Å². The maximum atomic E-state index is 12.2. The van der Waals surface area contributed by atoms with Gasteiger partial charge in [0.2, 0.25) is 0 Å². The topological polar surface area (TPSA) is 17.1 Å². The van der Waals surface area contributed by atoms with Gasteiger partial charge in [0.15, 0.2) is 0 Å². The normalized spacial score (nSPS) is 25.6. The minimum atomic E-state index is -2.19. The molecule has 2 heteroatoms. The lowest BCUT2D eigenvalue weighted by molar-refractivity contribution is 0.590. The average molecular weight is 192 g/mol. The number of hydrogen-bond acceptors (Lipinski definition) is 1. The fourth-order valence-electron chi connectivity index (χ4n) is 2.07. The average Bonchev–Trinajstić information content (AvgIpc) is 2.24. The van der Waals surface area contributed by atoms with Crippen molar-refractivity contribution in [1.29, 1.82) is 0 Å². The van der Waals surface area contributed by atoms with Crippen LogP contribution in [0.1, 0.15) is 18.1 Å². The summed E-state index contributed by atoms with van der Waals surface area (Å²) in [5.74, 6) is 1.92. The van der Waals surface area contributed by atoms with Gasteiger partial charge in [-0.15, -0.1) is 0 Å². The molecule has 0 radical (unpaired) electrons. The highest BCUT2D eigenvalue weighted by Gasteiger charge is 2.27. The fourth-order valence-corrected chi connectivity index (χ4v) is 4.58. The van der Waals surface area contributed by atoms with E-state index in [2.05, 4.69) is 6.07 Å². The van der Waals surface area contributed by atoms with Gasteiger partial charge >= 0.3 is 0 Å². The van der Waals surface area contributed by atoms with E-state index in [-0.39, 0.29) is 0 Å². The molecule has 1 aromatic carbocycles. The van der Waals surface area contributed by atoms with Crippen LogP contribution in [0.3, 0.4) is 0 Å². The number of hydrogen-bond donors (Lipinski definition) is 0. The molecule has 1 aliphatic rings. The summed E-state index contributed by atoms with van der Waals surface area (Å²) in [5.41, 5.74) is 3.48. The number of rotatable bonds is 0. The number of benzene rings is 1. The fraction of sp³-hybridized carbons (Fsp3) is 0.273. The van der Waals surface area contributed by atoms with E-state index in [1.54, 1.807) is 0 Å². The van der Waals surface area contributed by atoms with Crippen LogP contribution in [0.4, 0.5) is 0 Å². The largest absolute Gasteiger partial charge is 0.315 e. The quantitative estimate of drug-likeness (QED) is 0.577. The van der Waals surface area contributed by atoms with Crippen molar-refractivity contribution < 1.29 is 4.57 Å². The first-order chi connectivity index (χ1) is 6.02. The van der Waals surface area contributed by atoms with Crippen molar-refractivity contribution in [1.82, 2.24) is 0 Å². The summed E-state index contributed by atoms with van der Waals surface area (Å²) < 4.78 is 12.2. The van der Waals surface area contributed by atoms with Crippen LogP contribution in [-0.2, 0) is 4.57 Å². The van der Waals surface area contributed by atoms with E-state index in [0.29, 0.717) is 0 Å². The molecule has 1 atom stereocenters. The molecule has 1 aliphatic heterocycles. The Morgan fingerprint density at radius 1 is 1.23 bits per heavy atom. The first-order valence-corrected chi connectivity index (χ1v) is 6.62. The number of fused-ring (bicyclic) bond motifs is 1. The van der Waals surface area contributed by atoms with Gasteiger partial charge in [-0.05, 0) is 43.0 Å². The van der Waals surface area contributed by atoms with Gasteiger partial charge in [-0.2, -0.15) is 0 Å². The Balaban J connectivity index is 2.82. The van der Waals surface area contributed by atoms with E-state index >= 15 is 0 Å². The lowest BCUT2D eigenvalue weighted by Crippen LogP contribution is -2.07. The zero-order valence-electron chi connectivity index (χ0n) is 8.16. The van der Waals surface area contributed by atoms with Gasteiger partial charge in [0.1, 0.15) is 7.14 Å². The van der Waals surface area contributed by atoms with Gasteiger partial charge in [-0.1, -0.05) is 18.2 Å². The van der Waals surface area contributed by atoms with Crippen LogP contribution >= 0.6 is 7.14 Å². The highest BCUT2D eigenvalue weighted by molar-refractivity contribution is 7.74. The Morgan fingerprint density at radius 2 is 1.92 bits per heavy atom. The highest BCUT2D eigenvalue weighted by Crippen LogP contribution is 2.51. The van der Waals surface area contributed by atoms with Gasteiger partial charge < -0.3 is 4.57 Å². The first-order valence-electron chi connectivity index (χ1n) is 4.39. The van der Waals surface area contributed by atoms with E-state index in [0.717, 1.165) is 16.4 Å². The van der Waals surface area contributed by atoms with Crippen LogP contribution in [0.5, 0.6) is 0 Å². The highest BCUT2D eigenvalue weighted by atomic mass is 31.2. The van der Waals surface area contributed by atoms with Crippen molar-refractivity contribution in [3.63, 3.8) is 0 Å². The standard InChI is InChI=1S/C11H13OP/c1-8-5-4-6-10-9(2)7-13(3,12)11(8)10/h4-7H,1-3H3. The molecule has 1 aromatic rings. The van der Waals surface area contributed by atoms with Crippen LogP contribution in [-0.4, -0.2) is 6.66 Å². The van der Waals surface area contributed by atoms with Crippen LogP contribution in [0, 0.1) is 6.92 Å². The number of allylic oxidation sites excluding steroid dienone is 1. The lowest BCUT2D eigenvalue weighted by atomic mass is 10.1. The SMILES string of the molecule is CC1=CP(C)(=O)c2c(C)cccc21. The molecule has 1 unspecified atom stereocenters. The van der Waals surface area contributed by atoms with Crippen LogP contribution in [0.2, 0.25) is 0 Å². The summed E-state index contributed by atoms with van der Waals surface area (Å²) in [6, 6.07) is 6.11. The minimum absolute atomic E-state index is 1.06. The van der Waals surface area contributed by atoms with Gasteiger partial charge in [-0.3, -0.25) is 0 Å². The Morgan fingerprint density at radius 3 is 2.54 bits per heavy atom. The van der Waals surface area contributed by atoms with E-state index in [1.165, 1.54) is 5.56 Å². The maximum Gasteiger partial charge on any atom is 0.134 e. The molecular formula is C11H13OP. The van der Waals surface area contributed by atoms with Crippen molar-refractivity contribution in [3.05, 3.63) is 35.1 Å². The zero-order valence-corrected chi connectivity index (χ0v) is 9.06. The molecule has 2 rings (SSSR count). The van der Waals surface area contributed by atoms with Crippen LogP contribution < -0.4 is 5.30 Å². The Hall–Kier alpha value is -0.810. The molecule has 0 spiro atoms. The molecule has 0 fully saturated rings. The second kappa shape index (κ2) is 2.59. The third-order valence-corrected chi connectivity index (χ3v) is 4.91. The summed E-state index contributed by atoms with van der Waals surface area (Å²) in [7, 11) is -2.19. The smallest absolute Gasteiger partial charge is 0.134 e. The molecule has 0 aromatic heterocycles. The molecule has 0 saturated carbocycles. The predicted molar refractivity (Wildman–Crippen MR) is 58.0 cm³/mol. The van der Waals surface area contributed by atoms with Crippen molar-refractivity contribution in [3.8, 4) is 0 Å². The van der Waals surface area contributed by atoms with Crippen LogP contribution in [0.15, 0.2) is 24.0 Å². The molecule has 0 aliphatic carbocycles. The van der Waals surface area contributed by atoms with E-state index in [1.807, 2.05) is 38.5 Å². The molecule has 0 N–H and O–H groups in total. The maximum absolute atomic E-state index is 12.2. The van der Waals surface area contributed by atoms with Crippen molar-refractivity contribution >= 4 is 18.0 Å². The summed E-state index contributed by atoms with van der Waals surface area (Å²) >= 11 is 0. The third kappa shape index (κ3) is 1.19. The second-order valence-corrected chi connectivity index (χ2v) is 6.46. The van der Waals surface area contributed by atoms with Crippen molar-refractivity contribution in [2.45, 2.75) is 13.8 Å². The summed E-state index contributed by atoms with van der Waals surface area (Å²) in [6.07, 6.45) is 0. The van der Waals surface area contributed by atoms with Crippen molar-refractivity contribution in [2.75, 3.05) is 6.66 Å². The van der Waals surface area contributed by atoms with Crippen molar-refractivity contribution in [2.24, 2.45) is 0 Å². The monoisotopic (exact) mass is 192 g/mol. The van der Waals surface area contributed by atoms with Gasteiger partial charge in [0, 0.05) is 5.30 Å². The molecule has 1 heterocycles. The van der Waals surface area contributed by atoms with Gasteiger partial charge in [0.05, 0.1) is 0 Å². The molecule has 0 amide bonds. The predicted octanol–water partition coefficient (Wildman–Crippen LogP) is 2.99. The number of aryl methyl sites for hydroxylation is 1. The Bertz CT molecular complexity index is 443. The summed E-state index contributed by atoms with van der Waals surface area (Å²) in [6.45, 7) is 5.90. The Kier molecular flexibility index (Phi) is 1.75.